The monoisotopic (exact) mass is 230 g/mol. The number of aromatic amines is 1. The SMILES string of the molecule is CCc1nc2ccccc2c2nc(=S)[nH]n12. The van der Waals surface area contributed by atoms with Crippen molar-refractivity contribution in [2.45, 2.75) is 13.3 Å². The zero-order chi connectivity index (χ0) is 11.1. The summed E-state index contributed by atoms with van der Waals surface area (Å²) >= 11 is 5.07. The quantitative estimate of drug-likeness (QED) is 0.653. The van der Waals surface area contributed by atoms with E-state index in [1.807, 2.05) is 28.8 Å². The van der Waals surface area contributed by atoms with E-state index in [4.69, 9.17) is 12.2 Å². The first-order chi connectivity index (χ1) is 7.79. The van der Waals surface area contributed by atoms with Gasteiger partial charge < -0.3 is 0 Å². The topological polar surface area (TPSA) is 46.0 Å². The van der Waals surface area contributed by atoms with Gasteiger partial charge in [0.2, 0.25) is 4.77 Å². The smallest absolute Gasteiger partial charge is 0.214 e. The van der Waals surface area contributed by atoms with Gasteiger partial charge in [-0.3, -0.25) is 5.10 Å². The highest BCUT2D eigenvalue weighted by Crippen LogP contribution is 2.17. The van der Waals surface area contributed by atoms with E-state index in [0.29, 0.717) is 4.77 Å². The van der Waals surface area contributed by atoms with Gasteiger partial charge in [-0.05, 0) is 24.4 Å². The van der Waals surface area contributed by atoms with Crippen molar-refractivity contribution in [3.05, 3.63) is 34.9 Å². The second-order valence-electron chi connectivity index (χ2n) is 3.59. The number of aromatic nitrogens is 4. The van der Waals surface area contributed by atoms with Crippen LogP contribution in [0.15, 0.2) is 24.3 Å². The molecule has 0 saturated carbocycles. The highest BCUT2D eigenvalue weighted by atomic mass is 32.1. The number of fused-ring (bicyclic) bond motifs is 3. The van der Waals surface area contributed by atoms with Crippen molar-refractivity contribution >= 4 is 28.8 Å². The van der Waals surface area contributed by atoms with Crippen molar-refractivity contribution in [2.24, 2.45) is 0 Å². The lowest BCUT2D eigenvalue weighted by atomic mass is 10.2. The standard InChI is InChI=1S/C11H10N4S/c1-2-9-12-8-6-4-3-5-7(8)10-13-11(16)14-15(9)10/h3-6H,2H2,1H3,(H,14,16). The number of aryl methyl sites for hydroxylation is 1. The molecule has 3 aromatic rings. The summed E-state index contributed by atoms with van der Waals surface area (Å²) in [5, 5.41) is 4.05. The minimum Gasteiger partial charge on any atom is -0.265 e. The van der Waals surface area contributed by atoms with Crippen LogP contribution in [0.1, 0.15) is 12.7 Å². The van der Waals surface area contributed by atoms with Crippen LogP contribution in [0.5, 0.6) is 0 Å². The van der Waals surface area contributed by atoms with Crippen molar-refractivity contribution in [1.82, 2.24) is 19.6 Å². The molecule has 4 nitrogen and oxygen atoms in total. The van der Waals surface area contributed by atoms with Crippen LogP contribution in [0.4, 0.5) is 0 Å². The molecule has 0 spiro atoms. The lowest BCUT2D eigenvalue weighted by Gasteiger charge is -2.04. The number of para-hydroxylation sites is 1. The van der Waals surface area contributed by atoms with E-state index in [2.05, 4.69) is 22.0 Å². The second kappa shape index (κ2) is 3.38. The van der Waals surface area contributed by atoms with Crippen molar-refractivity contribution in [2.75, 3.05) is 0 Å². The molecule has 0 unspecified atom stereocenters. The summed E-state index contributed by atoms with van der Waals surface area (Å²) in [5.74, 6) is 0.942. The van der Waals surface area contributed by atoms with Gasteiger partial charge in [0.05, 0.1) is 5.52 Å². The molecule has 0 saturated heterocycles. The number of H-pyrrole nitrogens is 1. The first kappa shape index (κ1) is 9.47. The minimum absolute atomic E-state index is 0.493. The molecule has 3 rings (SSSR count). The van der Waals surface area contributed by atoms with Crippen LogP contribution in [-0.2, 0) is 6.42 Å². The summed E-state index contributed by atoms with van der Waals surface area (Å²) in [6.07, 6.45) is 0.836. The number of hydrogen-bond donors (Lipinski definition) is 1. The average Bonchev–Trinajstić information content (AvgIpc) is 2.69. The summed E-state index contributed by atoms with van der Waals surface area (Å²) in [7, 11) is 0. The predicted molar refractivity (Wildman–Crippen MR) is 65.1 cm³/mol. The normalized spacial score (nSPS) is 11.3. The molecular weight excluding hydrogens is 220 g/mol. The fourth-order valence-electron chi connectivity index (χ4n) is 1.87. The predicted octanol–water partition coefficient (Wildman–Crippen LogP) is 2.50. The van der Waals surface area contributed by atoms with Crippen LogP contribution in [0, 0.1) is 4.77 Å². The summed E-state index contributed by atoms with van der Waals surface area (Å²) < 4.78 is 2.36. The maximum absolute atomic E-state index is 5.07. The molecule has 0 bridgehead atoms. The van der Waals surface area contributed by atoms with Gasteiger partial charge in [-0.15, -0.1) is 0 Å². The Labute approximate surface area is 96.9 Å². The molecule has 16 heavy (non-hydrogen) atoms. The Balaban J connectivity index is 2.61. The molecule has 1 aromatic carbocycles. The molecular formula is C11H10N4S. The maximum atomic E-state index is 5.07. The summed E-state index contributed by atoms with van der Waals surface area (Å²) in [5.41, 5.74) is 1.81. The fraction of sp³-hybridized carbons (Fsp3) is 0.182. The Morgan fingerprint density at radius 3 is 2.94 bits per heavy atom. The molecule has 2 aromatic heterocycles. The summed E-state index contributed by atoms with van der Waals surface area (Å²) in [4.78, 5) is 8.91. The van der Waals surface area contributed by atoms with E-state index in [9.17, 15) is 0 Å². The van der Waals surface area contributed by atoms with E-state index in [1.54, 1.807) is 0 Å². The van der Waals surface area contributed by atoms with Gasteiger partial charge in [0.1, 0.15) is 5.82 Å². The van der Waals surface area contributed by atoms with Crippen LogP contribution in [-0.4, -0.2) is 19.6 Å². The van der Waals surface area contributed by atoms with Crippen LogP contribution in [0.3, 0.4) is 0 Å². The highest BCUT2D eigenvalue weighted by molar-refractivity contribution is 7.71. The van der Waals surface area contributed by atoms with Gasteiger partial charge in [0.25, 0.3) is 0 Å². The number of nitrogens with zero attached hydrogens (tertiary/aromatic N) is 3. The van der Waals surface area contributed by atoms with Crippen molar-refractivity contribution in [3.63, 3.8) is 0 Å². The largest absolute Gasteiger partial charge is 0.265 e. The van der Waals surface area contributed by atoms with Crippen LogP contribution in [0.2, 0.25) is 0 Å². The van der Waals surface area contributed by atoms with E-state index in [-0.39, 0.29) is 0 Å². The van der Waals surface area contributed by atoms with Gasteiger partial charge in [-0.2, -0.15) is 4.98 Å². The number of rotatable bonds is 1. The zero-order valence-corrected chi connectivity index (χ0v) is 9.58. The van der Waals surface area contributed by atoms with E-state index in [1.165, 1.54) is 0 Å². The summed E-state index contributed by atoms with van der Waals surface area (Å²) in [6, 6.07) is 7.96. The molecule has 5 heteroatoms. The zero-order valence-electron chi connectivity index (χ0n) is 8.77. The fourth-order valence-corrected chi connectivity index (χ4v) is 2.05. The van der Waals surface area contributed by atoms with Crippen molar-refractivity contribution in [3.8, 4) is 0 Å². The third-order valence-corrected chi connectivity index (χ3v) is 2.78. The number of nitrogens with one attached hydrogen (secondary N) is 1. The Kier molecular flexibility index (Phi) is 2.00. The maximum Gasteiger partial charge on any atom is 0.214 e. The van der Waals surface area contributed by atoms with Crippen LogP contribution >= 0.6 is 12.2 Å². The lowest BCUT2D eigenvalue weighted by molar-refractivity contribution is 0.820. The molecule has 0 aliphatic heterocycles. The summed E-state index contributed by atoms with van der Waals surface area (Å²) in [6.45, 7) is 2.06. The Morgan fingerprint density at radius 2 is 2.12 bits per heavy atom. The molecule has 1 N–H and O–H groups in total. The molecule has 0 aliphatic rings. The molecule has 2 heterocycles. The Morgan fingerprint density at radius 1 is 1.31 bits per heavy atom. The number of hydrogen-bond acceptors (Lipinski definition) is 3. The van der Waals surface area contributed by atoms with Gasteiger partial charge >= 0.3 is 0 Å². The first-order valence-electron chi connectivity index (χ1n) is 5.16. The van der Waals surface area contributed by atoms with E-state index in [0.717, 1.165) is 28.8 Å². The molecule has 0 radical (unpaired) electrons. The molecule has 80 valence electrons. The van der Waals surface area contributed by atoms with Crippen molar-refractivity contribution < 1.29 is 0 Å². The molecule has 0 fully saturated rings. The second-order valence-corrected chi connectivity index (χ2v) is 3.97. The Bertz CT molecular complexity index is 726. The van der Waals surface area contributed by atoms with E-state index < -0.39 is 0 Å². The van der Waals surface area contributed by atoms with Gasteiger partial charge in [-0.25, -0.2) is 9.50 Å². The van der Waals surface area contributed by atoms with Gasteiger partial charge in [0.15, 0.2) is 5.65 Å². The minimum atomic E-state index is 0.493. The first-order valence-corrected chi connectivity index (χ1v) is 5.57. The Hall–Kier alpha value is -1.75. The lowest BCUT2D eigenvalue weighted by Crippen LogP contribution is -2.01. The third kappa shape index (κ3) is 1.25. The highest BCUT2D eigenvalue weighted by Gasteiger charge is 2.07. The molecule has 0 amide bonds. The van der Waals surface area contributed by atoms with Crippen molar-refractivity contribution in [1.29, 1.82) is 0 Å². The average molecular weight is 230 g/mol. The van der Waals surface area contributed by atoms with Gasteiger partial charge in [0, 0.05) is 11.8 Å². The molecule has 0 atom stereocenters. The van der Waals surface area contributed by atoms with Crippen LogP contribution in [0.25, 0.3) is 16.6 Å². The van der Waals surface area contributed by atoms with Crippen LogP contribution < -0.4 is 0 Å². The third-order valence-electron chi connectivity index (χ3n) is 2.60. The molecule has 0 aliphatic carbocycles. The van der Waals surface area contributed by atoms with E-state index >= 15 is 0 Å². The van der Waals surface area contributed by atoms with Gasteiger partial charge in [-0.1, -0.05) is 19.1 Å². The number of benzene rings is 1.